The molecular formula is C25H22ClN3O2. The molecule has 0 unspecified atom stereocenters. The maximum atomic E-state index is 13.5. The molecule has 0 bridgehead atoms. The number of carbonyl (C=O) groups excluding carboxylic acids is 2. The van der Waals surface area contributed by atoms with E-state index in [-0.39, 0.29) is 24.1 Å². The Bertz CT molecular complexity index is 1220. The first kappa shape index (κ1) is 20.8. The molecule has 0 spiro atoms. The lowest BCUT2D eigenvalue weighted by Crippen LogP contribution is -2.32. The minimum absolute atomic E-state index is 0.109. The number of imide groups is 1. The summed E-state index contributed by atoms with van der Waals surface area (Å²) in [5.74, 6) is -0.711. The summed E-state index contributed by atoms with van der Waals surface area (Å²) >= 11 is 6.08. The Morgan fingerprint density at radius 3 is 2.42 bits per heavy atom. The van der Waals surface area contributed by atoms with E-state index in [1.165, 1.54) is 4.90 Å². The van der Waals surface area contributed by atoms with E-state index in [4.69, 9.17) is 11.6 Å². The van der Waals surface area contributed by atoms with Crippen LogP contribution in [0.5, 0.6) is 0 Å². The van der Waals surface area contributed by atoms with Crippen LogP contribution in [0.2, 0.25) is 5.02 Å². The van der Waals surface area contributed by atoms with Crippen LogP contribution in [-0.2, 0) is 16.1 Å². The number of anilines is 1. The van der Waals surface area contributed by atoms with Crippen molar-refractivity contribution in [3.8, 4) is 0 Å². The highest BCUT2D eigenvalue weighted by Gasteiger charge is 2.40. The van der Waals surface area contributed by atoms with Gasteiger partial charge >= 0.3 is 0 Å². The van der Waals surface area contributed by atoms with E-state index in [0.29, 0.717) is 16.3 Å². The molecule has 0 saturated carbocycles. The zero-order chi connectivity index (χ0) is 22.1. The van der Waals surface area contributed by atoms with Gasteiger partial charge in [0.05, 0.1) is 17.8 Å². The molecule has 1 aliphatic rings. The van der Waals surface area contributed by atoms with Crippen molar-refractivity contribution in [1.29, 1.82) is 0 Å². The fraction of sp³-hybridized carbons (Fsp3) is 0.160. The van der Waals surface area contributed by atoms with Crippen LogP contribution in [0.4, 0.5) is 5.69 Å². The van der Waals surface area contributed by atoms with Gasteiger partial charge in [-0.1, -0.05) is 41.4 Å². The van der Waals surface area contributed by atoms with Gasteiger partial charge in [0.1, 0.15) is 5.70 Å². The van der Waals surface area contributed by atoms with Gasteiger partial charge in [-0.2, -0.15) is 0 Å². The first-order chi connectivity index (χ1) is 14.8. The Morgan fingerprint density at radius 1 is 0.935 bits per heavy atom. The predicted octanol–water partition coefficient (Wildman–Crippen LogP) is 5.05. The number of pyridine rings is 1. The van der Waals surface area contributed by atoms with Gasteiger partial charge in [-0.3, -0.25) is 19.5 Å². The second-order valence-electron chi connectivity index (χ2n) is 7.67. The standard InChI is InChI=1S/C25H22ClN3O2/c1-15-7-9-20(16(2)12-15)22-23(28-21-10-8-18(26)13-17(21)3)25(31)29(24(22)30)14-19-6-4-5-11-27-19/h4-13,28H,14H2,1-3H3. The van der Waals surface area contributed by atoms with E-state index in [0.717, 1.165) is 27.9 Å². The molecule has 0 saturated heterocycles. The fourth-order valence-electron chi connectivity index (χ4n) is 3.74. The van der Waals surface area contributed by atoms with Gasteiger partial charge in [0.15, 0.2) is 0 Å². The molecule has 3 aromatic rings. The van der Waals surface area contributed by atoms with Gasteiger partial charge in [-0.15, -0.1) is 0 Å². The van der Waals surface area contributed by atoms with Crippen LogP contribution in [0.15, 0.2) is 66.5 Å². The molecule has 1 aromatic heterocycles. The molecule has 2 aromatic carbocycles. The molecule has 0 atom stereocenters. The molecule has 0 radical (unpaired) electrons. The number of rotatable bonds is 5. The van der Waals surface area contributed by atoms with Gasteiger partial charge in [-0.25, -0.2) is 0 Å². The monoisotopic (exact) mass is 431 g/mol. The molecule has 1 aliphatic heterocycles. The van der Waals surface area contributed by atoms with Gasteiger partial charge < -0.3 is 5.32 Å². The number of nitrogens with zero attached hydrogens (tertiary/aromatic N) is 2. The van der Waals surface area contributed by atoms with Crippen LogP contribution < -0.4 is 5.32 Å². The van der Waals surface area contributed by atoms with Crippen LogP contribution in [0.1, 0.15) is 27.9 Å². The SMILES string of the molecule is Cc1ccc(C2=C(Nc3ccc(Cl)cc3C)C(=O)N(Cc3ccccn3)C2=O)c(C)c1. The Hall–Kier alpha value is -3.44. The highest BCUT2D eigenvalue weighted by molar-refractivity contribution is 6.36. The molecule has 2 amide bonds. The third-order valence-electron chi connectivity index (χ3n) is 5.31. The first-order valence-corrected chi connectivity index (χ1v) is 10.3. The summed E-state index contributed by atoms with van der Waals surface area (Å²) in [7, 11) is 0. The van der Waals surface area contributed by atoms with E-state index < -0.39 is 0 Å². The third-order valence-corrected chi connectivity index (χ3v) is 5.55. The van der Waals surface area contributed by atoms with Crippen molar-refractivity contribution >= 4 is 34.7 Å². The van der Waals surface area contributed by atoms with Gasteiger partial charge in [0.2, 0.25) is 0 Å². The number of hydrogen-bond acceptors (Lipinski definition) is 4. The normalized spacial score (nSPS) is 13.9. The van der Waals surface area contributed by atoms with Crippen LogP contribution in [0.25, 0.3) is 5.57 Å². The van der Waals surface area contributed by atoms with Gasteiger partial charge in [-0.05, 0) is 67.8 Å². The molecule has 0 fully saturated rings. The van der Waals surface area contributed by atoms with Crippen molar-refractivity contribution in [2.75, 3.05) is 5.32 Å². The minimum Gasteiger partial charge on any atom is -0.350 e. The molecule has 156 valence electrons. The number of benzene rings is 2. The van der Waals surface area contributed by atoms with Crippen LogP contribution >= 0.6 is 11.6 Å². The van der Waals surface area contributed by atoms with E-state index in [1.54, 1.807) is 24.4 Å². The molecule has 1 N–H and O–H groups in total. The average Bonchev–Trinajstić information content (AvgIpc) is 2.95. The summed E-state index contributed by atoms with van der Waals surface area (Å²) in [6.45, 7) is 5.95. The van der Waals surface area contributed by atoms with E-state index in [2.05, 4.69) is 10.3 Å². The van der Waals surface area contributed by atoms with Crippen LogP contribution in [0, 0.1) is 20.8 Å². The zero-order valence-corrected chi connectivity index (χ0v) is 18.3. The largest absolute Gasteiger partial charge is 0.350 e. The lowest BCUT2D eigenvalue weighted by atomic mass is 9.97. The molecule has 6 heteroatoms. The molecule has 2 heterocycles. The maximum Gasteiger partial charge on any atom is 0.278 e. The average molecular weight is 432 g/mol. The lowest BCUT2D eigenvalue weighted by Gasteiger charge is -2.15. The third kappa shape index (κ3) is 4.09. The van der Waals surface area contributed by atoms with Crippen molar-refractivity contribution in [2.24, 2.45) is 0 Å². The number of amides is 2. The number of halogens is 1. The molecule has 31 heavy (non-hydrogen) atoms. The first-order valence-electron chi connectivity index (χ1n) is 9.96. The number of hydrogen-bond donors (Lipinski definition) is 1. The Kier molecular flexibility index (Phi) is 5.61. The summed E-state index contributed by atoms with van der Waals surface area (Å²) in [5.41, 5.74) is 5.64. The summed E-state index contributed by atoms with van der Waals surface area (Å²) < 4.78 is 0. The fourth-order valence-corrected chi connectivity index (χ4v) is 3.96. The minimum atomic E-state index is -0.375. The van der Waals surface area contributed by atoms with Crippen molar-refractivity contribution < 1.29 is 9.59 Å². The molecule has 0 aliphatic carbocycles. The van der Waals surface area contributed by atoms with Crippen molar-refractivity contribution in [2.45, 2.75) is 27.3 Å². The topological polar surface area (TPSA) is 62.3 Å². The number of nitrogens with one attached hydrogen (secondary N) is 1. The Morgan fingerprint density at radius 2 is 1.74 bits per heavy atom. The second-order valence-corrected chi connectivity index (χ2v) is 8.11. The van der Waals surface area contributed by atoms with Crippen molar-refractivity contribution in [3.63, 3.8) is 0 Å². The summed E-state index contributed by atoms with van der Waals surface area (Å²) in [6.07, 6.45) is 1.65. The van der Waals surface area contributed by atoms with Crippen molar-refractivity contribution in [1.82, 2.24) is 9.88 Å². The molecule has 5 nitrogen and oxygen atoms in total. The molecular weight excluding hydrogens is 410 g/mol. The summed E-state index contributed by atoms with van der Waals surface area (Å²) in [4.78, 5) is 32.4. The van der Waals surface area contributed by atoms with Crippen molar-refractivity contribution in [3.05, 3.63) is 99.5 Å². The Labute approximate surface area is 186 Å². The summed E-state index contributed by atoms with van der Waals surface area (Å²) in [5, 5.41) is 3.82. The summed E-state index contributed by atoms with van der Waals surface area (Å²) in [6, 6.07) is 16.7. The Balaban J connectivity index is 1.80. The maximum absolute atomic E-state index is 13.5. The van der Waals surface area contributed by atoms with Crippen LogP contribution in [-0.4, -0.2) is 21.7 Å². The second kappa shape index (κ2) is 8.36. The van der Waals surface area contributed by atoms with Crippen LogP contribution in [0.3, 0.4) is 0 Å². The van der Waals surface area contributed by atoms with E-state index in [9.17, 15) is 9.59 Å². The highest BCUT2D eigenvalue weighted by atomic mass is 35.5. The number of aryl methyl sites for hydroxylation is 3. The smallest absolute Gasteiger partial charge is 0.278 e. The molecule has 4 rings (SSSR count). The van der Waals surface area contributed by atoms with Gasteiger partial charge in [0.25, 0.3) is 11.8 Å². The number of carbonyl (C=O) groups is 2. The number of aromatic nitrogens is 1. The van der Waals surface area contributed by atoms with E-state index in [1.807, 2.05) is 57.2 Å². The lowest BCUT2D eigenvalue weighted by molar-refractivity contribution is -0.137. The predicted molar refractivity (Wildman–Crippen MR) is 122 cm³/mol. The highest BCUT2D eigenvalue weighted by Crippen LogP contribution is 2.34. The zero-order valence-electron chi connectivity index (χ0n) is 17.6. The quantitative estimate of drug-likeness (QED) is 0.574. The van der Waals surface area contributed by atoms with Gasteiger partial charge in [0, 0.05) is 16.9 Å². The van der Waals surface area contributed by atoms with E-state index >= 15 is 0 Å².